The molecule has 0 radical (unpaired) electrons. The van der Waals surface area contributed by atoms with Gasteiger partial charge in [-0.15, -0.1) is 23.7 Å². The molecule has 22 heavy (non-hydrogen) atoms. The molecule has 1 fully saturated rings. The summed E-state index contributed by atoms with van der Waals surface area (Å²) in [6, 6.07) is 2.49. The van der Waals surface area contributed by atoms with Gasteiger partial charge in [0.05, 0.1) is 18.4 Å². The van der Waals surface area contributed by atoms with Crippen molar-refractivity contribution in [3.63, 3.8) is 0 Å². The summed E-state index contributed by atoms with van der Waals surface area (Å²) in [4.78, 5) is 36.6. The predicted molar refractivity (Wildman–Crippen MR) is 84.0 cm³/mol. The van der Waals surface area contributed by atoms with E-state index in [0.29, 0.717) is 13.0 Å². The third-order valence-electron chi connectivity index (χ3n) is 3.47. The maximum Gasteiger partial charge on any atom is 0.312 e. The lowest BCUT2D eigenvalue weighted by Crippen LogP contribution is -2.37. The largest absolute Gasteiger partial charge is 0.481 e. The van der Waals surface area contributed by atoms with E-state index >= 15 is 0 Å². The summed E-state index contributed by atoms with van der Waals surface area (Å²) in [6.45, 7) is 0.658. The topological polar surface area (TPSA) is 113 Å². The van der Waals surface area contributed by atoms with E-state index in [2.05, 4.69) is 5.32 Å². The molecule has 1 aliphatic rings. The molecule has 0 spiro atoms. The number of halogens is 1. The van der Waals surface area contributed by atoms with Crippen LogP contribution in [0.25, 0.3) is 0 Å². The number of nitrogens with two attached hydrogens (primary N) is 1. The zero-order valence-electron chi connectivity index (χ0n) is 11.7. The molecule has 4 N–H and O–H groups in total. The Kier molecular flexibility index (Phi) is 6.63. The number of hydrogen-bond acceptors (Lipinski definition) is 4. The van der Waals surface area contributed by atoms with Gasteiger partial charge in [0.15, 0.2) is 0 Å². The summed E-state index contributed by atoms with van der Waals surface area (Å²) in [5, 5.41) is 13.4. The molecule has 0 bridgehead atoms. The highest BCUT2D eigenvalue weighted by atomic mass is 35.5. The molecule has 1 aromatic heterocycles. The Bertz CT molecular complexity index is 537. The van der Waals surface area contributed by atoms with Crippen molar-refractivity contribution in [3.05, 3.63) is 22.4 Å². The maximum absolute atomic E-state index is 12.2. The number of amides is 3. The van der Waals surface area contributed by atoms with Gasteiger partial charge in [-0.1, -0.05) is 6.07 Å². The maximum atomic E-state index is 12.2. The molecular weight excluding hydrogens is 330 g/mol. The summed E-state index contributed by atoms with van der Waals surface area (Å²) in [5.74, 6) is -1.56. The fourth-order valence-electron chi connectivity index (χ4n) is 2.38. The number of aliphatic carboxylic acids is 1. The van der Waals surface area contributed by atoms with Crippen LogP contribution in [0.3, 0.4) is 0 Å². The molecule has 0 aliphatic carbocycles. The summed E-state index contributed by atoms with van der Waals surface area (Å²) in [6.07, 6.45) is 0.545. The number of hydrogen-bond donors (Lipinski definition) is 3. The van der Waals surface area contributed by atoms with Gasteiger partial charge in [-0.05, 0) is 17.9 Å². The molecular formula is C13H18ClN3O4S. The van der Waals surface area contributed by atoms with Gasteiger partial charge >= 0.3 is 12.0 Å². The van der Waals surface area contributed by atoms with Gasteiger partial charge in [0.2, 0.25) is 5.91 Å². The Balaban J connectivity index is 0.00000242. The number of primary amides is 1. The zero-order valence-corrected chi connectivity index (χ0v) is 13.4. The zero-order chi connectivity index (χ0) is 15.4. The summed E-state index contributed by atoms with van der Waals surface area (Å²) < 4.78 is 0. The van der Waals surface area contributed by atoms with Gasteiger partial charge in [0, 0.05) is 18.0 Å². The molecule has 0 saturated carbocycles. The van der Waals surface area contributed by atoms with E-state index in [1.165, 1.54) is 16.2 Å². The van der Waals surface area contributed by atoms with Crippen molar-refractivity contribution in [2.24, 2.45) is 11.7 Å². The monoisotopic (exact) mass is 347 g/mol. The third-order valence-corrected chi connectivity index (χ3v) is 4.46. The van der Waals surface area contributed by atoms with Crippen LogP contribution in [0.5, 0.6) is 0 Å². The Labute approximate surface area is 137 Å². The van der Waals surface area contributed by atoms with Gasteiger partial charge in [0.1, 0.15) is 0 Å². The molecule has 9 heteroatoms. The average molecular weight is 348 g/mol. The van der Waals surface area contributed by atoms with Crippen molar-refractivity contribution >= 4 is 41.7 Å². The molecule has 2 unspecified atom stereocenters. The van der Waals surface area contributed by atoms with Gasteiger partial charge in [-0.2, -0.15) is 0 Å². The first-order valence-electron chi connectivity index (χ1n) is 6.57. The highest BCUT2D eigenvalue weighted by Crippen LogP contribution is 2.24. The van der Waals surface area contributed by atoms with E-state index in [1.54, 1.807) is 0 Å². The van der Waals surface area contributed by atoms with Crippen LogP contribution < -0.4 is 11.1 Å². The highest BCUT2D eigenvalue weighted by molar-refractivity contribution is 7.10. The van der Waals surface area contributed by atoms with Crippen LogP contribution in [0.1, 0.15) is 23.8 Å². The number of rotatable bonds is 5. The first-order valence-corrected chi connectivity index (χ1v) is 7.45. The van der Waals surface area contributed by atoms with Gasteiger partial charge in [0.25, 0.3) is 0 Å². The number of nitrogens with zero attached hydrogens (tertiary/aromatic N) is 1. The third kappa shape index (κ3) is 4.60. The first kappa shape index (κ1) is 18.2. The molecule has 3 amide bonds. The minimum atomic E-state index is -0.879. The number of likely N-dealkylation sites (tertiary alicyclic amines) is 1. The van der Waals surface area contributed by atoms with Gasteiger partial charge in [-0.3, -0.25) is 9.59 Å². The van der Waals surface area contributed by atoms with Crippen molar-refractivity contribution in [1.29, 1.82) is 0 Å². The van der Waals surface area contributed by atoms with Crippen LogP contribution in [0.15, 0.2) is 17.5 Å². The second-order valence-electron chi connectivity index (χ2n) is 4.94. The van der Waals surface area contributed by atoms with Crippen LogP contribution in [0.4, 0.5) is 4.79 Å². The molecule has 2 rings (SSSR count). The first-order chi connectivity index (χ1) is 9.97. The number of nitrogens with one attached hydrogen (secondary N) is 1. The fourth-order valence-corrected chi connectivity index (χ4v) is 3.15. The Morgan fingerprint density at radius 1 is 1.50 bits per heavy atom. The Morgan fingerprint density at radius 3 is 2.73 bits per heavy atom. The number of carbonyl (C=O) groups is 3. The average Bonchev–Trinajstić information content (AvgIpc) is 3.09. The van der Waals surface area contributed by atoms with Crippen molar-refractivity contribution < 1.29 is 19.5 Å². The molecule has 1 aromatic rings. The molecule has 1 saturated heterocycles. The van der Waals surface area contributed by atoms with Crippen molar-refractivity contribution in [1.82, 2.24) is 10.2 Å². The molecule has 122 valence electrons. The number of carboxylic acid groups (broad SMARTS) is 1. The molecule has 1 aliphatic heterocycles. The standard InChI is InChI=1S/C13H17N3O4S.ClH/c14-13(20)15-9(10-2-1-5-21-10)6-11(17)16-4-3-8(7-16)12(18)19;/h1-2,5,8-9H,3-4,6-7H2,(H,18,19)(H3,14,15,20);1H. The smallest absolute Gasteiger partial charge is 0.312 e. The van der Waals surface area contributed by atoms with Crippen LogP contribution in [-0.2, 0) is 9.59 Å². The van der Waals surface area contributed by atoms with Crippen LogP contribution in [0, 0.1) is 5.92 Å². The van der Waals surface area contributed by atoms with E-state index in [0.717, 1.165) is 4.88 Å². The van der Waals surface area contributed by atoms with Crippen LogP contribution in [-0.4, -0.2) is 41.0 Å². The molecule has 2 heterocycles. The fraction of sp³-hybridized carbons (Fsp3) is 0.462. The second kappa shape index (κ2) is 8.00. The van der Waals surface area contributed by atoms with E-state index in [-0.39, 0.29) is 31.3 Å². The highest BCUT2D eigenvalue weighted by Gasteiger charge is 2.32. The van der Waals surface area contributed by atoms with E-state index < -0.39 is 24.0 Å². The SMILES string of the molecule is Cl.NC(=O)NC(CC(=O)N1CCC(C(=O)O)C1)c1cccs1. The minimum absolute atomic E-state index is 0. The lowest BCUT2D eigenvalue weighted by Gasteiger charge is -2.20. The Hall–Kier alpha value is -1.80. The van der Waals surface area contributed by atoms with Crippen molar-refractivity contribution in [3.8, 4) is 0 Å². The summed E-state index contributed by atoms with van der Waals surface area (Å²) in [7, 11) is 0. The normalized spacial score (nSPS) is 18.4. The van der Waals surface area contributed by atoms with Crippen molar-refractivity contribution in [2.45, 2.75) is 18.9 Å². The van der Waals surface area contributed by atoms with Crippen molar-refractivity contribution in [2.75, 3.05) is 13.1 Å². The van der Waals surface area contributed by atoms with Crippen LogP contribution >= 0.6 is 23.7 Å². The van der Waals surface area contributed by atoms with E-state index in [4.69, 9.17) is 10.8 Å². The molecule has 2 atom stereocenters. The lowest BCUT2D eigenvalue weighted by molar-refractivity contribution is -0.141. The lowest BCUT2D eigenvalue weighted by atomic mass is 10.1. The number of carboxylic acids is 1. The van der Waals surface area contributed by atoms with Gasteiger partial charge < -0.3 is 21.1 Å². The van der Waals surface area contributed by atoms with Crippen LogP contribution in [0.2, 0.25) is 0 Å². The van der Waals surface area contributed by atoms with E-state index in [9.17, 15) is 14.4 Å². The summed E-state index contributed by atoms with van der Waals surface area (Å²) in [5.41, 5.74) is 5.14. The second-order valence-corrected chi connectivity index (χ2v) is 5.92. The molecule has 0 aromatic carbocycles. The number of thiophene rings is 1. The quantitative estimate of drug-likeness (QED) is 0.742. The molecule has 7 nitrogen and oxygen atoms in total. The Morgan fingerprint density at radius 2 is 2.23 bits per heavy atom. The number of urea groups is 1. The minimum Gasteiger partial charge on any atom is -0.481 e. The van der Waals surface area contributed by atoms with E-state index in [1.807, 2.05) is 17.5 Å². The summed E-state index contributed by atoms with van der Waals surface area (Å²) >= 11 is 1.43. The number of carbonyl (C=O) groups excluding carboxylic acids is 2. The van der Waals surface area contributed by atoms with Gasteiger partial charge in [-0.25, -0.2) is 4.79 Å². The predicted octanol–water partition coefficient (Wildman–Crippen LogP) is 1.20.